The number of rotatable bonds is 7. The van der Waals surface area contributed by atoms with E-state index in [9.17, 15) is 14.9 Å². The molecule has 1 atom stereocenters. The van der Waals surface area contributed by atoms with Crippen molar-refractivity contribution in [3.8, 4) is 11.5 Å². The lowest BCUT2D eigenvalue weighted by molar-refractivity contribution is -0.383. The van der Waals surface area contributed by atoms with Crippen LogP contribution in [-0.4, -0.2) is 43.4 Å². The molecule has 0 radical (unpaired) electrons. The van der Waals surface area contributed by atoms with Gasteiger partial charge in [0.1, 0.15) is 5.69 Å². The van der Waals surface area contributed by atoms with Gasteiger partial charge in [0.15, 0.2) is 11.5 Å². The van der Waals surface area contributed by atoms with Gasteiger partial charge in [0.05, 0.1) is 11.0 Å². The van der Waals surface area contributed by atoms with Crippen LogP contribution in [0.2, 0.25) is 0 Å². The number of benzene rings is 2. The number of nitro benzene ring substituents is 1. The average molecular weight is 427 g/mol. The third-order valence-corrected chi connectivity index (χ3v) is 5.93. The third-order valence-electron chi connectivity index (χ3n) is 5.93. The monoisotopic (exact) mass is 427 g/mol. The van der Waals surface area contributed by atoms with Crippen molar-refractivity contribution in [1.82, 2.24) is 5.32 Å². The Kier molecular flexibility index (Phi) is 6.06. The van der Waals surface area contributed by atoms with Crippen LogP contribution >= 0.6 is 0 Å². The summed E-state index contributed by atoms with van der Waals surface area (Å²) in [5.74, 6) is 1.13. The average Bonchev–Trinajstić information content (AvgIpc) is 3.26. The van der Waals surface area contributed by atoms with Gasteiger partial charge in [0.2, 0.25) is 12.7 Å². The van der Waals surface area contributed by atoms with Crippen molar-refractivity contribution in [2.45, 2.75) is 31.2 Å². The molecular formula is C22H25N3O6. The molecule has 0 spiro atoms. The molecule has 2 aromatic rings. The first-order chi connectivity index (χ1) is 15.0. The number of hydrogen-bond acceptors (Lipinski definition) is 7. The first kappa shape index (κ1) is 21.1. The lowest BCUT2D eigenvalue weighted by Gasteiger charge is -2.38. The maximum Gasteiger partial charge on any atom is 0.292 e. The number of para-hydroxylation sites is 2. The standard InChI is InChI=1S/C22H25N3O6/c1-15(21(26)24-17-4-2-3-5-18(17)25(27)28)23-13-22(8-10-29-11-9-22)16-6-7-19-20(12-16)31-14-30-19/h2-7,12,15,23H,8-11,13-14H2,1H3,(H,24,26). The molecule has 31 heavy (non-hydrogen) atoms. The lowest BCUT2D eigenvalue weighted by Crippen LogP contribution is -2.48. The predicted molar refractivity (Wildman–Crippen MR) is 113 cm³/mol. The zero-order valence-electron chi connectivity index (χ0n) is 17.3. The lowest BCUT2D eigenvalue weighted by atomic mass is 9.74. The minimum atomic E-state index is -0.548. The molecule has 2 heterocycles. The second-order valence-corrected chi connectivity index (χ2v) is 7.83. The van der Waals surface area contributed by atoms with E-state index in [1.54, 1.807) is 19.1 Å². The minimum absolute atomic E-state index is 0.135. The highest BCUT2D eigenvalue weighted by molar-refractivity contribution is 5.96. The summed E-state index contributed by atoms with van der Waals surface area (Å²) < 4.78 is 16.5. The van der Waals surface area contributed by atoms with Crippen molar-refractivity contribution in [3.63, 3.8) is 0 Å². The molecule has 0 aliphatic carbocycles. The van der Waals surface area contributed by atoms with Crippen molar-refractivity contribution < 1.29 is 23.9 Å². The summed E-state index contributed by atoms with van der Waals surface area (Å²) in [7, 11) is 0. The number of nitrogens with zero attached hydrogens (tertiary/aromatic N) is 1. The van der Waals surface area contributed by atoms with Crippen LogP contribution in [0.25, 0.3) is 0 Å². The first-order valence-electron chi connectivity index (χ1n) is 10.2. The number of nitro groups is 1. The Labute approximate surface area is 179 Å². The van der Waals surface area contributed by atoms with Crippen molar-refractivity contribution >= 4 is 17.3 Å². The van der Waals surface area contributed by atoms with Crippen LogP contribution in [0.3, 0.4) is 0 Å². The zero-order chi connectivity index (χ0) is 21.8. The predicted octanol–water partition coefficient (Wildman–Crippen LogP) is 2.99. The number of nitrogens with one attached hydrogen (secondary N) is 2. The molecule has 164 valence electrons. The van der Waals surface area contributed by atoms with E-state index in [-0.39, 0.29) is 29.5 Å². The first-order valence-corrected chi connectivity index (χ1v) is 10.2. The Balaban J connectivity index is 1.46. The van der Waals surface area contributed by atoms with Gasteiger partial charge < -0.3 is 24.8 Å². The second-order valence-electron chi connectivity index (χ2n) is 7.83. The van der Waals surface area contributed by atoms with Gasteiger partial charge in [-0.2, -0.15) is 0 Å². The van der Waals surface area contributed by atoms with Crippen molar-refractivity contribution in [3.05, 3.63) is 58.1 Å². The van der Waals surface area contributed by atoms with E-state index in [0.717, 1.165) is 29.9 Å². The van der Waals surface area contributed by atoms with Crippen molar-refractivity contribution in [2.24, 2.45) is 0 Å². The molecule has 2 N–H and O–H groups in total. The van der Waals surface area contributed by atoms with Gasteiger partial charge in [0.25, 0.3) is 5.69 Å². The maximum atomic E-state index is 12.7. The second kappa shape index (κ2) is 8.91. The Morgan fingerprint density at radius 3 is 2.68 bits per heavy atom. The number of hydrogen-bond donors (Lipinski definition) is 2. The van der Waals surface area contributed by atoms with Crippen molar-refractivity contribution in [2.75, 3.05) is 31.9 Å². The molecule has 0 bridgehead atoms. The number of carbonyl (C=O) groups excluding carboxylic acids is 1. The van der Waals surface area contributed by atoms with E-state index >= 15 is 0 Å². The third kappa shape index (κ3) is 4.47. The molecule has 0 saturated carbocycles. The van der Waals surface area contributed by atoms with Crippen molar-refractivity contribution in [1.29, 1.82) is 0 Å². The fourth-order valence-corrected chi connectivity index (χ4v) is 3.98. The number of carbonyl (C=O) groups is 1. The fourth-order valence-electron chi connectivity index (χ4n) is 3.98. The number of anilines is 1. The van der Waals surface area contributed by atoms with E-state index in [1.165, 1.54) is 12.1 Å². The molecule has 9 nitrogen and oxygen atoms in total. The fraction of sp³-hybridized carbons (Fsp3) is 0.409. The Bertz CT molecular complexity index is 973. The van der Waals surface area contributed by atoms with Crippen LogP contribution in [-0.2, 0) is 14.9 Å². The quantitative estimate of drug-likeness (QED) is 0.516. The van der Waals surface area contributed by atoms with E-state index in [2.05, 4.69) is 10.6 Å². The molecule has 9 heteroatoms. The number of ether oxygens (including phenoxy) is 3. The molecule has 2 aliphatic heterocycles. The Morgan fingerprint density at radius 1 is 1.16 bits per heavy atom. The van der Waals surface area contributed by atoms with Crippen LogP contribution in [0.15, 0.2) is 42.5 Å². The number of amides is 1. The van der Waals surface area contributed by atoms with Gasteiger partial charge in [-0.3, -0.25) is 14.9 Å². The molecule has 4 rings (SSSR count). The zero-order valence-corrected chi connectivity index (χ0v) is 17.3. The topological polar surface area (TPSA) is 112 Å². The summed E-state index contributed by atoms with van der Waals surface area (Å²) in [4.78, 5) is 23.4. The molecule has 2 aromatic carbocycles. The molecular weight excluding hydrogens is 402 g/mol. The summed E-state index contributed by atoms with van der Waals surface area (Å²) in [5, 5.41) is 17.2. The maximum absolute atomic E-state index is 12.7. The van der Waals surface area contributed by atoms with Gasteiger partial charge in [-0.15, -0.1) is 0 Å². The molecule has 1 saturated heterocycles. The molecule has 1 unspecified atom stereocenters. The summed E-state index contributed by atoms with van der Waals surface area (Å²) in [6, 6.07) is 11.5. The Hall–Kier alpha value is -3.17. The van der Waals surface area contributed by atoms with E-state index in [0.29, 0.717) is 19.8 Å². The van der Waals surface area contributed by atoms with E-state index in [1.807, 2.05) is 18.2 Å². The van der Waals surface area contributed by atoms with Gasteiger partial charge in [0, 0.05) is 31.2 Å². The van der Waals surface area contributed by atoms with Crippen LogP contribution < -0.4 is 20.1 Å². The molecule has 1 fully saturated rings. The molecule has 0 aromatic heterocycles. The Morgan fingerprint density at radius 2 is 1.90 bits per heavy atom. The van der Waals surface area contributed by atoms with Crippen LogP contribution in [0.1, 0.15) is 25.3 Å². The summed E-state index contributed by atoms with van der Waals surface area (Å²) in [5.41, 5.74) is 0.942. The van der Waals surface area contributed by atoms with Crippen LogP contribution in [0.5, 0.6) is 11.5 Å². The summed E-state index contributed by atoms with van der Waals surface area (Å²) in [6.07, 6.45) is 1.61. The van der Waals surface area contributed by atoms with Gasteiger partial charge in [-0.05, 0) is 43.5 Å². The normalized spacial score (nSPS) is 17.7. The highest BCUT2D eigenvalue weighted by Crippen LogP contribution is 2.40. The smallest absolute Gasteiger partial charge is 0.292 e. The van der Waals surface area contributed by atoms with Gasteiger partial charge >= 0.3 is 0 Å². The van der Waals surface area contributed by atoms with Gasteiger partial charge in [-0.1, -0.05) is 18.2 Å². The van der Waals surface area contributed by atoms with E-state index < -0.39 is 11.0 Å². The largest absolute Gasteiger partial charge is 0.454 e. The van der Waals surface area contributed by atoms with Crippen LogP contribution in [0.4, 0.5) is 11.4 Å². The molecule has 2 aliphatic rings. The highest BCUT2D eigenvalue weighted by Gasteiger charge is 2.36. The van der Waals surface area contributed by atoms with E-state index in [4.69, 9.17) is 14.2 Å². The summed E-state index contributed by atoms with van der Waals surface area (Å²) in [6.45, 7) is 3.79. The van der Waals surface area contributed by atoms with Gasteiger partial charge in [-0.25, -0.2) is 0 Å². The van der Waals surface area contributed by atoms with Crippen LogP contribution in [0, 0.1) is 10.1 Å². The summed E-state index contributed by atoms with van der Waals surface area (Å²) >= 11 is 0. The molecule has 1 amide bonds. The number of fused-ring (bicyclic) bond motifs is 1. The minimum Gasteiger partial charge on any atom is -0.454 e. The SMILES string of the molecule is CC(NCC1(c2ccc3c(c2)OCO3)CCOCC1)C(=O)Nc1ccccc1[N+](=O)[O-]. The highest BCUT2D eigenvalue weighted by atomic mass is 16.7.